The Labute approximate surface area is 469 Å². The molecule has 2 unspecified atom stereocenters. The highest BCUT2D eigenvalue weighted by Crippen LogP contribution is 2.18. The van der Waals surface area contributed by atoms with Gasteiger partial charge in [-0.3, -0.25) is 9.59 Å². The van der Waals surface area contributed by atoms with Crippen molar-refractivity contribution in [3.8, 4) is 0 Å². The molecule has 75 heavy (non-hydrogen) atoms. The van der Waals surface area contributed by atoms with Crippen molar-refractivity contribution in [1.82, 2.24) is 5.32 Å². The fraction of sp³-hybridized carbons (Fsp3) is 0.913. The van der Waals surface area contributed by atoms with E-state index in [2.05, 4.69) is 31.3 Å². The van der Waals surface area contributed by atoms with Crippen molar-refractivity contribution in [2.75, 3.05) is 13.2 Å². The monoisotopic (exact) mass is 1060 g/mol. The van der Waals surface area contributed by atoms with E-state index in [9.17, 15) is 19.8 Å². The lowest BCUT2D eigenvalue weighted by Crippen LogP contribution is -2.45. The number of hydrogen-bond donors (Lipinski definition) is 3. The highest BCUT2D eigenvalue weighted by molar-refractivity contribution is 5.76. The number of amides is 1. The van der Waals surface area contributed by atoms with Gasteiger partial charge in [-0.15, -0.1) is 0 Å². The van der Waals surface area contributed by atoms with Crippen LogP contribution in [0.3, 0.4) is 0 Å². The van der Waals surface area contributed by atoms with E-state index in [-0.39, 0.29) is 18.5 Å². The molecule has 0 radical (unpaired) electrons. The van der Waals surface area contributed by atoms with E-state index in [1.165, 1.54) is 308 Å². The predicted molar refractivity (Wildman–Crippen MR) is 329 cm³/mol. The Morgan fingerprint density at radius 2 is 0.627 bits per heavy atom. The number of unbranched alkanes of at least 4 members (excludes halogenated alkanes) is 51. The summed E-state index contributed by atoms with van der Waals surface area (Å²) in [6.07, 6.45) is 81.0. The number of rotatable bonds is 64. The van der Waals surface area contributed by atoms with Gasteiger partial charge < -0.3 is 20.3 Å². The molecule has 0 rings (SSSR count). The number of ether oxygens (including phenoxy) is 1. The fourth-order valence-corrected chi connectivity index (χ4v) is 10.7. The average molecular weight is 1060 g/mol. The molecule has 6 nitrogen and oxygen atoms in total. The Hall–Kier alpha value is -1.66. The van der Waals surface area contributed by atoms with Crippen molar-refractivity contribution in [2.24, 2.45) is 0 Å². The fourth-order valence-electron chi connectivity index (χ4n) is 10.7. The molecule has 0 aliphatic heterocycles. The number of carbonyl (C=O) groups excluding carboxylic acids is 2. The van der Waals surface area contributed by atoms with Crippen LogP contribution in [0, 0.1) is 0 Å². The van der Waals surface area contributed by atoms with Crippen LogP contribution in [-0.4, -0.2) is 47.4 Å². The first-order chi connectivity index (χ1) is 37.0. The molecule has 0 bridgehead atoms. The summed E-state index contributed by atoms with van der Waals surface area (Å²) in [7, 11) is 0. The molecular weight excluding hydrogens is 923 g/mol. The quantitative estimate of drug-likeness (QED) is 0.0320. The topological polar surface area (TPSA) is 95.9 Å². The molecule has 3 N–H and O–H groups in total. The Morgan fingerprint density at radius 3 is 0.947 bits per heavy atom. The van der Waals surface area contributed by atoms with Crippen molar-refractivity contribution < 1.29 is 24.5 Å². The maximum Gasteiger partial charge on any atom is 0.305 e. The standard InChI is InChI=1S/C69H133NO5/c1-3-5-7-9-11-13-15-17-18-19-20-21-22-23-24-25-28-31-34-38-41-45-49-53-57-61-67(72)66(65-71)70-68(73)62-58-54-50-46-42-39-35-32-29-26-27-30-33-36-40-44-48-52-56-60-64-75-69(74)63-59-55-51-47-43-37-16-14-12-10-8-6-4-2/h26,29,57,61,66-67,71-72H,3-25,27-28,30-56,58-60,62-65H2,1-2H3,(H,70,73)/b29-26-,61-57+. The summed E-state index contributed by atoms with van der Waals surface area (Å²) >= 11 is 0. The summed E-state index contributed by atoms with van der Waals surface area (Å²) in [5, 5.41) is 23.3. The molecule has 2 atom stereocenters. The van der Waals surface area contributed by atoms with Crippen molar-refractivity contribution in [1.29, 1.82) is 0 Å². The SMILES string of the molecule is CCCCCCCCCCCCCCCCCCCCCCCCC/C=C/C(O)C(CO)NC(=O)CCCCCCCCC/C=C\CCCCCCCCCCCOC(=O)CCCCCCCCCCCCCCC. The van der Waals surface area contributed by atoms with E-state index in [1.54, 1.807) is 6.08 Å². The predicted octanol–water partition coefficient (Wildman–Crippen LogP) is 21.8. The van der Waals surface area contributed by atoms with E-state index in [0.717, 1.165) is 44.9 Å². The first kappa shape index (κ1) is 73.3. The number of esters is 1. The van der Waals surface area contributed by atoms with E-state index in [1.807, 2.05) is 6.08 Å². The second kappa shape index (κ2) is 64.9. The number of nitrogens with one attached hydrogen (secondary N) is 1. The van der Waals surface area contributed by atoms with Crippen molar-refractivity contribution in [3.05, 3.63) is 24.3 Å². The van der Waals surface area contributed by atoms with Crippen LogP contribution in [0.4, 0.5) is 0 Å². The average Bonchev–Trinajstić information content (AvgIpc) is 3.41. The Kier molecular flexibility index (Phi) is 63.4. The second-order valence-electron chi connectivity index (χ2n) is 23.5. The molecule has 0 saturated carbocycles. The van der Waals surface area contributed by atoms with Crippen molar-refractivity contribution in [3.63, 3.8) is 0 Å². The van der Waals surface area contributed by atoms with Gasteiger partial charge in [0.1, 0.15) is 0 Å². The molecule has 0 saturated heterocycles. The van der Waals surface area contributed by atoms with Crippen molar-refractivity contribution >= 4 is 11.9 Å². The van der Waals surface area contributed by atoms with Gasteiger partial charge in [-0.2, -0.15) is 0 Å². The summed E-state index contributed by atoms with van der Waals surface area (Å²) in [6.45, 7) is 4.93. The van der Waals surface area contributed by atoms with Crippen LogP contribution >= 0.6 is 0 Å². The maximum atomic E-state index is 12.5. The third-order valence-electron chi connectivity index (χ3n) is 16.0. The minimum Gasteiger partial charge on any atom is -0.466 e. The smallest absolute Gasteiger partial charge is 0.305 e. The molecule has 0 aromatic rings. The molecule has 0 aliphatic carbocycles. The maximum absolute atomic E-state index is 12.5. The van der Waals surface area contributed by atoms with E-state index < -0.39 is 12.1 Å². The molecular formula is C69H133NO5. The number of aliphatic hydroxyl groups excluding tert-OH is 2. The van der Waals surface area contributed by atoms with Gasteiger partial charge in [0.25, 0.3) is 0 Å². The zero-order valence-corrected chi connectivity index (χ0v) is 50.8. The molecule has 0 aromatic heterocycles. The molecule has 0 aliphatic rings. The molecule has 0 aromatic carbocycles. The van der Waals surface area contributed by atoms with E-state index >= 15 is 0 Å². The van der Waals surface area contributed by atoms with Crippen LogP contribution in [-0.2, 0) is 14.3 Å². The zero-order valence-electron chi connectivity index (χ0n) is 50.8. The van der Waals surface area contributed by atoms with Gasteiger partial charge in [0.15, 0.2) is 0 Å². The van der Waals surface area contributed by atoms with Gasteiger partial charge in [-0.1, -0.05) is 334 Å². The van der Waals surface area contributed by atoms with Crippen LogP contribution < -0.4 is 5.32 Å². The Bertz CT molecular complexity index is 1170. The number of carbonyl (C=O) groups is 2. The first-order valence-corrected chi connectivity index (χ1v) is 34.1. The lowest BCUT2D eigenvalue weighted by Gasteiger charge is -2.20. The van der Waals surface area contributed by atoms with Crippen LogP contribution in [0.25, 0.3) is 0 Å². The van der Waals surface area contributed by atoms with Crippen LogP contribution in [0.15, 0.2) is 24.3 Å². The lowest BCUT2D eigenvalue weighted by molar-refractivity contribution is -0.143. The lowest BCUT2D eigenvalue weighted by atomic mass is 10.0. The highest BCUT2D eigenvalue weighted by Gasteiger charge is 2.18. The minimum atomic E-state index is -0.851. The second-order valence-corrected chi connectivity index (χ2v) is 23.5. The molecule has 0 fully saturated rings. The number of hydrogen-bond acceptors (Lipinski definition) is 5. The van der Waals surface area contributed by atoms with Crippen LogP contribution in [0.1, 0.15) is 380 Å². The third kappa shape index (κ3) is 61.4. The Morgan fingerprint density at radius 1 is 0.360 bits per heavy atom. The van der Waals surface area contributed by atoms with Crippen LogP contribution in [0.2, 0.25) is 0 Å². The summed E-state index contributed by atoms with van der Waals surface area (Å²) < 4.78 is 5.48. The van der Waals surface area contributed by atoms with E-state index in [4.69, 9.17) is 4.74 Å². The van der Waals surface area contributed by atoms with Crippen LogP contribution in [0.5, 0.6) is 0 Å². The van der Waals surface area contributed by atoms with Gasteiger partial charge in [0.05, 0.1) is 25.4 Å². The molecule has 6 heteroatoms. The van der Waals surface area contributed by atoms with Gasteiger partial charge in [0, 0.05) is 12.8 Å². The number of allylic oxidation sites excluding steroid dienone is 3. The molecule has 0 heterocycles. The Balaban J connectivity index is 3.45. The zero-order chi connectivity index (χ0) is 54.3. The summed E-state index contributed by atoms with van der Waals surface area (Å²) in [5.74, 6) is -0.0645. The number of aliphatic hydroxyl groups is 2. The van der Waals surface area contributed by atoms with E-state index in [0.29, 0.717) is 19.4 Å². The van der Waals surface area contributed by atoms with Gasteiger partial charge >= 0.3 is 5.97 Å². The molecule has 1 amide bonds. The summed E-state index contributed by atoms with van der Waals surface area (Å²) in [5.41, 5.74) is 0. The highest BCUT2D eigenvalue weighted by atomic mass is 16.5. The molecule has 444 valence electrons. The van der Waals surface area contributed by atoms with Gasteiger partial charge in [-0.25, -0.2) is 0 Å². The third-order valence-corrected chi connectivity index (χ3v) is 16.0. The molecule has 0 spiro atoms. The largest absolute Gasteiger partial charge is 0.466 e. The first-order valence-electron chi connectivity index (χ1n) is 34.1. The minimum absolute atomic E-state index is 0.00788. The van der Waals surface area contributed by atoms with Gasteiger partial charge in [-0.05, 0) is 57.8 Å². The summed E-state index contributed by atoms with van der Waals surface area (Å²) in [4.78, 5) is 24.6. The van der Waals surface area contributed by atoms with Gasteiger partial charge in [0.2, 0.25) is 5.91 Å². The summed E-state index contributed by atoms with van der Waals surface area (Å²) in [6, 6.07) is -0.635. The van der Waals surface area contributed by atoms with Crippen molar-refractivity contribution in [2.45, 2.75) is 392 Å². The normalized spacial score (nSPS) is 12.6.